The van der Waals surface area contributed by atoms with Crippen LogP contribution in [0.5, 0.6) is 0 Å². The third-order valence-electron chi connectivity index (χ3n) is 3.15. The summed E-state index contributed by atoms with van der Waals surface area (Å²) in [7, 11) is 1.93. The third-order valence-corrected chi connectivity index (χ3v) is 3.40. The van der Waals surface area contributed by atoms with E-state index in [0.717, 1.165) is 34.1 Å². The van der Waals surface area contributed by atoms with Gasteiger partial charge in [0.05, 0.1) is 0 Å². The topological polar surface area (TPSA) is 38.1 Å². The predicted octanol–water partition coefficient (Wildman–Crippen LogP) is 3.79. The highest BCUT2D eigenvalue weighted by Gasteiger charge is 2.07. The summed E-state index contributed by atoms with van der Waals surface area (Å²) < 4.78 is 5.77. The van der Waals surface area contributed by atoms with Crippen LogP contribution in [0.1, 0.15) is 17.0 Å². The average molecular weight is 287 g/mol. The molecule has 4 heteroatoms. The molecule has 0 spiro atoms. The number of rotatable bonds is 4. The molecule has 0 radical (unpaired) electrons. The Morgan fingerprint density at radius 1 is 1.10 bits per heavy atom. The summed E-state index contributed by atoms with van der Waals surface area (Å²) in [6, 6.07) is 13.8. The van der Waals surface area contributed by atoms with Crippen LogP contribution >= 0.6 is 11.6 Å². The van der Waals surface area contributed by atoms with Crippen molar-refractivity contribution in [3.8, 4) is 0 Å². The summed E-state index contributed by atoms with van der Waals surface area (Å²) in [5, 5.41) is 3.87. The molecule has 20 heavy (non-hydrogen) atoms. The lowest BCUT2D eigenvalue weighted by atomic mass is 10.1. The van der Waals surface area contributed by atoms with Crippen LogP contribution in [0.4, 0.5) is 0 Å². The van der Waals surface area contributed by atoms with Gasteiger partial charge in [-0.3, -0.25) is 0 Å². The maximum atomic E-state index is 5.88. The Hall–Kier alpha value is -1.84. The van der Waals surface area contributed by atoms with Crippen LogP contribution in [0, 0.1) is 0 Å². The Kier molecular flexibility index (Phi) is 3.72. The molecule has 3 nitrogen and oxygen atoms in total. The molecule has 0 aliphatic rings. The van der Waals surface area contributed by atoms with Crippen molar-refractivity contribution in [1.29, 1.82) is 0 Å². The lowest BCUT2D eigenvalue weighted by Gasteiger charge is -1.97. The van der Waals surface area contributed by atoms with Crippen LogP contribution in [0.2, 0.25) is 5.02 Å². The highest BCUT2D eigenvalue weighted by Crippen LogP contribution is 2.20. The van der Waals surface area contributed by atoms with Crippen molar-refractivity contribution < 1.29 is 4.42 Å². The van der Waals surface area contributed by atoms with Gasteiger partial charge < -0.3 is 9.73 Å². The van der Waals surface area contributed by atoms with Crippen molar-refractivity contribution in [3.05, 3.63) is 64.5 Å². The van der Waals surface area contributed by atoms with Gasteiger partial charge in [0.2, 0.25) is 0 Å². The molecule has 102 valence electrons. The zero-order valence-corrected chi connectivity index (χ0v) is 11.9. The van der Waals surface area contributed by atoms with Crippen LogP contribution in [0.25, 0.3) is 11.1 Å². The summed E-state index contributed by atoms with van der Waals surface area (Å²) in [5.41, 5.74) is 4.07. The molecule has 0 aliphatic heterocycles. The molecule has 0 unspecified atom stereocenters. The van der Waals surface area contributed by atoms with E-state index in [2.05, 4.69) is 22.4 Å². The van der Waals surface area contributed by atoms with Gasteiger partial charge >= 0.3 is 0 Å². The minimum absolute atomic E-state index is 0.674. The van der Waals surface area contributed by atoms with Gasteiger partial charge in [-0.05, 0) is 42.4 Å². The molecule has 2 aromatic carbocycles. The highest BCUT2D eigenvalue weighted by molar-refractivity contribution is 6.30. The van der Waals surface area contributed by atoms with Crippen LogP contribution in [0.15, 0.2) is 46.9 Å². The van der Waals surface area contributed by atoms with Crippen molar-refractivity contribution in [1.82, 2.24) is 10.3 Å². The Balaban J connectivity index is 1.86. The van der Waals surface area contributed by atoms with Gasteiger partial charge in [-0.2, -0.15) is 0 Å². The molecule has 0 fully saturated rings. The Labute approximate surface area is 122 Å². The minimum Gasteiger partial charge on any atom is -0.440 e. The zero-order chi connectivity index (χ0) is 13.9. The van der Waals surface area contributed by atoms with Crippen molar-refractivity contribution in [3.63, 3.8) is 0 Å². The number of hydrogen-bond acceptors (Lipinski definition) is 3. The summed E-state index contributed by atoms with van der Waals surface area (Å²) in [4.78, 5) is 4.55. The number of nitrogens with one attached hydrogen (secondary N) is 1. The number of aromatic nitrogens is 1. The first-order valence-corrected chi connectivity index (χ1v) is 6.90. The molecule has 1 N–H and O–H groups in total. The monoisotopic (exact) mass is 286 g/mol. The van der Waals surface area contributed by atoms with Crippen molar-refractivity contribution in [2.75, 3.05) is 7.05 Å². The largest absolute Gasteiger partial charge is 0.440 e. The van der Waals surface area contributed by atoms with Crippen molar-refractivity contribution in [2.45, 2.75) is 13.0 Å². The summed E-state index contributed by atoms with van der Waals surface area (Å²) in [6.45, 7) is 0.829. The molecule has 0 bridgehead atoms. The fraction of sp³-hybridized carbons (Fsp3) is 0.188. The summed E-state index contributed by atoms with van der Waals surface area (Å²) >= 11 is 5.88. The number of fused-ring (bicyclic) bond motifs is 1. The van der Waals surface area contributed by atoms with Crippen molar-refractivity contribution in [2.24, 2.45) is 0 Å². The molecule has 0 saturated heterocycles. The maximum Gasteiger partial charge on any atom is 0.199 e. The number of halogens is 1. The van der Waals surface area contributed by atoms with Crippen LogP contribution in [0.3, 0.4) is 0 Å². The molecule has 1 aromatic heterocycles. The fourth-order valence-electron chi connectivity index (χ4n) is 2.19. The molecule has 3 aromatic rings. The second kappa shape index (κ2) is 5.65. The van der Waals surface area contributed by atoms with E-state index >= 15 is 0 Å². The number of oxazole rings is 1. The quantitative estimate of drug-likeness (QED) is 0.793. The lowest BCUT2D eigenvalue weighted by molar-refractivity contribution is 0.544. The molecule has 1 heterocycles. The second-order valence-electron chi connectivity index (χ2n) is 4.74. The summed E-state index contributed by atoms with van der Waals surface area (Å²) in [5.74, 6) is 0.726. The van der Waals surface area contributed by atoms with Gasteiger partial charge in [0, 0.05) is 18.0 Å². The van der Waals surface area contributed by atoms with Gasteiger partial charge in [0.15, 0.2) is 11.5 Å². The molecule has 0 aliphatic carbocycles. The standard InChI is InChI=1S/C16H15ClN2O/c1-18-10-12-4-7-15-14(8-12)19-16(20-15)9-11-2-5-13(17)6-3-11/h2-8,18H,9-10H2,1H3. The fourth-order valence-corrected chi connectivity index (χ4v) is 2.31. The van der Waals surface area contributed by atoms with E-state index in [9.17, 15) is 0 Å². The third kappa shape index (κ3) is 2.84. The smallest absolute Gasteiger partial charge is 0.199 e. The van der Waals surface area contributed by atoms with Gasteiger partial charge in [-0.1, -0.05) is 29.8 Å². The van der Waals surface area contributed by atoms with E-state index < -0.39 is 0 Å². The Morgan fingerprint density at radius 3 is 2.60 bits per heavy atom. The first-order valence-electron chi connectivity index (χ1n) is 6.52. The average Bonchev–Trinajstić information content (AvgIpc) is 2.83. The van der Waals surface area contributed by atoms with Crippen LogP contribution < -0.4 is 5.32 Å². The Bertz CT molecular complexity index is 719. The minimum atomic E-state index is 0.674. The predicted molar refractivity (Wildman–Crippen MR) is 81.0 cm³/mol. The summed E-state index contributed by atoms with van der Waals surface area (Å²) in [6.07, 6.45) is 0.674. The first-order chi connectivity index (χ1) is 9.74. The molecule has 3 rings (SSSR count). The molecule has 0 atom stereocenters. The number of nitrogens with zero attached hydrogens (tertiary/aromatic N) is 1. The van der Waals surface area contributed by atoms with Crippen molar-refractivity contribution >= 4 is 22.7 Å². The van der Waals surface area contributed by atoms with Gasteiger partial charge in [0.25, 0.3) is 0 Å². The van der Waals surface area contributed by atoms with E-state index in [1.165, 1.54) is 5.56 Å². The van der Waals surface area contributed by atoms with E-state index in [1.807, 2.05) is 37.4 Å². The maximum absolute atomic E-state index is 5.88. The number of benzene rings is 2. The van der Waals surface area contributed by atoms with E-state index in [1.54, 1.807) is 0 Å². The lowest BCUT2D eigenvalue weighted by Crippen LogP contribution is -2.04. The highest BCUT2D eigenvalue weighted by atomic mass is 35.5. The van der Waals surface area contributed by atoms with E-state index in [0.29, 0.717) is 6.42 Å². The molecular formula is C16H15ClN2O. The van der Waals surface area contributed by atoms with Gasteiger partial charge in [-0.15, -0.1) is 0 Å². The molecule has 0 amide bonds. The normalized spacial score (nSPS) is 11.1. The second-order valence-corrected chi connectivity index (χ2v) is 5.18. The number of hydrogen-bond donors (Lipinski definition) is 1. The zero-order valence-electron chi connectivity index (χ0n) is 11.2. The molecular weight excluding hydrogens is 272 g/mol. The van der Waals surface area contributed by atoms with E-state index in [4.69, 9.17) is 16.0 Å². The molecule has 0 saturated carbocycles. The van der Waals surface area contributed by atoms with Crippen LogP contribution in [-0.2, 0) is 13.0 Å². The van der Waals surface area contributed by atoms with Gasteiger partial charge in [0.1, 0.15) is 5.52 Å². The SMILES string of the molecule is CNCc1ccc2oc(Cc3ccc(Cl)cc3)nc2c1. The van der Waals surface area contributed by atoms with Gasteiger partial charge in [-0.25, -0.2) is 4.98 Å². The first kappa shape index (κ1) is 13.2. The van der Waals surface area contributed by atoms with Crippen LogP contribution in [-0.4, -0.2) is 12.0 Å². The Morgan fingerprint density at radius 2 is 1.85 bits per heavy atom. The van der Waals surface area contributed by atoms with E-state index in [-0.39, 0.29) is 0 Å².